The van der Waals surface area contributed by atoms with Crippen LogP contribution < -0.4 is 15.0 Å². The average Bonchev–Trinajstić information content (AvgIpc) is 2.56. The number of carbonyl (C=O) groups is 1. The van der Waals surface area contributed by atoms with Crippen molar-refractivity contribution in [2.45, 2.75) is 31.9 Å². The van der Waals surface area contributed by atoms with Crippen LogP contribution in [-0.4, -0.2) is 26.1 Å². The van der Waals surface area contributed by atoms with Crippen LogP contribution in [0.25, 0.3) is 0 Å². The van der Waals surface area contributed by atoms with E-state index in [4.69, 9.17) is 4.74 Å². The highest BCUT2D eigenvalue weighted by molar-refractivity contribution is 5.96. The molecule has 126 valence electrons. The van der Waals surface area contributed by atoms with Gasteiger partial charge in [0.1, 0.15) is 5.75 Å². The van der Waals surface area contributed by atoms with E-state index < -0.39 is 0 Å². The molecule has 4 nitrogen and oxygen atoms in total. The van der Waals surface area contributed by atoms with Crippen molar-refractivity contribution in [1.29, 1.82) is 0 Å². The lowest BCUT2D eigenvalue weighted by atomic mass is 9.96. The van der Waals surface area contributed by atoms with Gasteiger partial charge >= 0.3 is 0 Å². The molecule has 0 bridgehead atoms. The number of anilines is 1. The molecule has 0 spiro atoms. The monoisotopic (exact) mass is 324 g/mol. The molecule has 2 aromatic carbocycles. The second kappa shape index (κ2) is 7.39. The van der Waals surface area contributed by atoms with Crippen molar-refractivity contribution in [2.75, 3.05) is 19.0 Å². The first-order valence-corrected chi connectivity index (χ1v) is 8.43. The Labute approximate surface area is 143 Å². The average molecular weight is 324 g/mol. The predicted octanol–water partition coefficient (Wildman–Crippen LogP) is 3.61. The zero-order valence-electron chi connectivity index (χ0n) is 14.3. The van der Waals surface area contributed by atoms with Gasteiger partial charge in [-0.05, 0) is 49.1 Å². The SMILES string of the molecule is CN(C)c1cccc(CNC(=O)c2ccccc2OC2CCC2)c1. The number of rotatable bonds is 6. The van der Waals surface area contributed by atoms with Gasteiger partial charge in [-0.25, -0.2) is 0 Å². The van der Waals surface area contributed by atoms with Crippen LogP contribution in [-0.2, 0) is 6.54 Å². The van der Waals surface area contributed by atoms with Gasteiger partial charge in [0.25, 0.3) is 5.91 Å². The zero-order chi connectivity index (χ0) is 16.9. The van der Waals surface area contributed by atoms with Gasteiger partial charge < -0.3 is 15.0 Å². The molecule has 0 unspecified atom stereocenters. The quantitative estimate of drug-likeness (QED) is 0.882. The number of ether oxygens (including phenoxy) is 1. The number of nitrogens with zero attached hydrogens (tertiary/aromatic N) is 1. The Bertz CT molecular complexity index is 708. The van der Waals surface area contributed by atoms with Crippen LogP contribution in [0.3, 0.4) is 0 Å². The second-order valence-corrected chi connectivity index (χ2v) is 6.41. The van der Waals surface area contributed by atoms with Crippen LogP contribution >= 0.6 is 0 Å². The molecule has 1 aliphatic carbocycles. The van der Waals surface area contributed by atoms with Gasteiger partial charge in [-0.2, -0.15) is 0 Å². The predicted molar refractivity (Wildman–Crippen MR) is 96.6 cm³/mol. The number of nitrogens with one attached hydrogen (secondary N) is 1. The molecule has 0 saturated heterocycles. The fraction of sp³-hybridized carbons (Fsp3) is 0.350. The summed E-state index contributed by atoms with van der Waals surface area (Å²) in [6.45, 7) is 0.498. The number of benzene rings is 2. The van der Waals surface area contributed by atoms with Crippen molar-refractivity contribution >= 4 is 11.6 Å². The lowest BCUT2D eigenvalue weighted by Gasteiger charge is -2.27. The Morgan fingerprint density at radius 2 is 1.96 bits per heavy atom. The van der Waals surface area contributed by atoms with Gasteiger partial charge in [0.2, 0.25) is 0 Å². The fourth-order valence-electron chi connectivity index (χ4n) is 2.65. The molecule has 0 aromatic heterocycles. The van der Waals surface area contributed by atoms with Crippen LogP contribution in [0.15, 0.2) is 48.5 Å². The maximum absolute atomic E-state index is 12.5. The molecular weight excluding hydrogens is 300 g/mol. The molecule has 1 aliphatic rings. The van der Waals surface area contributed by atoms with Crippen molar-refractivity contribution < 1.29 is 9.53 Å². The first-order chi connectivity index (χ1) is 11.6. The number of para-hydroxylation sites is 1. The molecule has 1 saturated carbocycles. The summed E-state index contributed by atoms with van der Waals surface area (Å²) in [7, 11) is 4.01. The van der Waals surface area contributed by atoms with Gasteiger partial charge in [-0.1, -0.05) is 24.3 Å². The minimum Gasteiger partial charge on any atom is -0.490 e. The summed E-state index contributed by atoms with van der Waals surface area (Å²) in [6, 6.07) is 15.6. The molecule has 1 fully saturated rings. The lowest BCUT2D eigenvalue weighted by Crippen LogP contribution is -2.27. The summed E-state index contributed by atoms with van der Waals surface area (Å²) in [4.78, 5) is 14.6. The van der Waals surface area contributed by atoms with E-state index in [-0.39, 0.29) is 12.0 Å². The molecular formula is C20H24N2O2. The van der Waals surface area contributed by atoms with Crippen LogP contribution in [0.1, 0.15) is 35.2 Å². The largest absolute Gasteiger partial charge is 0.490 e. The fourth-order valence-corrected chi connectivity index (χ4v) is 2.65. The van der Waals surface area contributed by atoms with Gasteiger partial charge in [-0.3, -0.25) is 4.79 Å². The normalized spacial score (nSPS) is 13.9. The van der Waals surface area contributed by atoms with E-state index in [9.17, 15) is 4.79 Å². The van der Waals surface area contributed by atoms with Crippen LogP contribution in [0.2, 0.25) is 0 Å². The Morgan fingerprint density at radius 3 is 2.67 bits per heavy atom. The standard InChI is InChI=1S/C20H24N2O2/c1-22(2)16-8-5-7-15(13-16)14-21-20(23)18-11-3-4-12-19(18)24-17-9-6-10-17/h3-5,7-8,11-13,17H,6,9-10,14H2,1-2H3,(H,21,23). The van der Waals surface area contributed by atoms with Gasteiger partial charge in [-0.15, -0.1) is 0 Å². The van der Waals surface area contributed by atoms with E-state index in [2.05, 4.69) is 11.4 Å². The van der Waals surface area contributed by atoms with Gasteiger partial charge in [0, 0.05) is 26.3 Å². The molecule has 0 radical (unpaired) electrons. The zero-order valence-corrected chi connectivity index (χ0v) is 14.3. The molecule has 2 aromatic rings. The smallest absolute Gasteiger partial charge is 0.255 e. The summed E-state index contributed by atoms with van der Waals surface area (Å²) >= 11 is 0. The Kier molecular flexibility index (Phi) is 5.04. The number of amides is 1. The van der Waals surface area contributed by atoms with Crippen molar-refractivity contribution in [3.05, 3.63) is 59.7 Å². The highest BCUT2D eigenvalue weighted by Gasteiger charge is 2.21. The van der Waals surface area contributed by atoms with Crippen molar-refractivity contribution in [2.24, 2.45) is 0 Å². The molecule has 4 heteroatoms. The van der Waals surface area contributed by atoms with E-state index in [0.717, 1.165) is 24.1 Å². The Hall–Kier alpha value is -2.49. The molecule has 0 heterocycles. The third-order valence-electron chi connectivity index (χ3n) is 4.36. The molecule has 0 atom stereocenters. The molecule has 3 rings (SSSR count). The maximum Gasteiger partial charge on any atom is 0.255 e. The minimum absolute atomic E-state index is 0.0971. The number of carbonyl (C=O) groups excluding carboxylic acids is 1. The number of hydrogen-bond acceptors (Lipinski definition) is 3. The van der Waals surface area contributed by atoms with E-state index in [0.29, 0.717) is 17.9 Å². The second-order valence-electron chi connectivity index (χ2n) is 6.41. The Morgan fingerprint density at radius 1 is 1.17 bits per heavy atom. The maximum atomic E-state index is 12.5. The van der Waals surface area contributed by atoms with Crippen molar-refractivity contribution in [3.8, 4) is 5.75 Å². The van der Waals surface area contributed by atoms with E-state index in [1.165, 1.54) is 6.42 Å². The molecule has 24 heavy (non-hydrogen) atoms. The van der Waals surface area contributed by atoms with E-state index >= 15 is 0 Å². The van der Waals surface area contributed by atoms with E-state index in [1.54, 1.807) is 0 Å². The molecule has 0 aliphatic heterocycles. The number of hydrogen-bond donors (Lipinski definition) is 1. The summed E-state index contributed by atoms with van der Waals surface area (Å²) < 4.78 is 5.94. The summed E-state index contributed by atoms with van der Waals surface area (Å²) in [6.07, 6.45) is 3.62. The van der Waals surface area contributed by atoms with Crippen LogP contribution in [0, 0.1) is 0 Å². The van der Waals surface area contributed by atoms with Crippen molar-refractivity contribution in [1.82, 2.24) is 5.32 Å². The lowest BCUT2D eigenvalue weighted by molar-refractivity contribution is 0.0925. The molecule has 1 amide bonds. The first-order valence-electron chi connectivity index (χ1n) is 8.43. The topological polar surface area (TPSA) is 41.6 Å². The van der Waals surface area contributed by atoms with Gasteiger partial charge in [0.05, 0.1) is 11.7 Å². The summed E-state index contributed by atoms with van der Waals surface area (Å²) in [5.74, 6) is 0.585. The molecule has 1 N–H and O–H groups in total. The third-order valence-corrected chi connectivity index (χ3v) is 4.36. The van der Waals surface area contributed by atoms with Crippen LogP contribution in [0.4, 0.5) is 5.69 Å². The van der Waals surface area contributed by atoms with Crippen molar-refractivity contribution in [3.63, 3.8) is 0 Å². The van der Waals surface area contributed by atoms with E-state index in [1.807, 2.05) is 61.5 Å². The highest BCUT2D eigenvalue weighted by Crippen LogP contribution is 2.27. The summed E-state index contributed by atoms with van der Waals surface area (Å²) in [5.41, 5.74) is 2.80. The summed E-state index contributed by atoms with van der Waals surface area (Å²) in [5, 5.41) is 2.99. The highest BCUT2D eigenvalue weighted by atomic mass is 16.5. The Balaban J connectivity index is 1.65. The third kappa shape index (κ3) is 3.88. The minimum atomic E-state index is -0.0971. The van der Waals surface area contributed by atoms with Crippen LogP contribution in [0.5, 0.6) is 5.75 Å². The first kappa shape index (κ1) is 16.4. The van der Waals surface area contributed by atoms with Gasteiger partial charge in [0.15, 0.2) is 0 Å².